The van der Waals surface area contributed by atoms with Crippen LogP contribution in [0.5, 0.6) is 5.75 Å². The van der Waals surface area contributed by atoms with Crippen LogP contribution in [0.2, 0.25) is 0 Å². The lowest BCUT2D eigenvalue weighted by molar-refractivity contribution is -0.753. The molecule has 1 amide bonds. The summed E-state index contributed by atoms with van der Waals surface area (Å²) < 4.78 is 58.5. The number of carbonyl (C=O) groups is 2. The molecule has 1 aliphatic carbocycles. The minimum absolute atomic E-state index is 0. The molecule has 2 saturated heterocycles. The van der Waals surface area contributed by atoms with Crippen molar-refractivity contribution in [1.82, 2.24) is 34.8 Å². The average Bonchev–Trinajstić information content (AvgIpc) is 4.16. The van der Waals surface area contributed by atoms with Gasteiger partial charge in [0, 0.05) is 61.1 Å². The number of ether oxygens (including phenoxy) is 4. The standard InChI is InChI=1S/C49H62F2N10O10.2ClH/c1-5-41(31(2)63)61-48(67)60(29-54-61)37-9-7-35(8-10-37)56-18-20-57(21-19-56)36-11-13-38(14-12-36)68-26-33-16-17-49(23-33,39-15-6-34(50)22-40(39)51)27-59-30-58(28-53-59)32(3)69-47(66)55-46-45(71-43(64)24-52-4)44(65)42(25-62)70-46;;/h6-15,22,28-33,41-42,44-46,52,62-63,65H,5,16-21,23-27H2,1-4H3;2*1H/t31-,32?,33+,41-,42+,44-,45+,46?,49+;;/m0../s1. The van der Waals surface area contributed by atoms with E-state index in [1.54, 1.807) is 31.9 Å². The number of esters is 1. The van der Waals surface area contributed by atoms with Crippen LogP contribution in [0, 0.1) is 17.6 Å². The smallest absolute Gasteiger partial charge is 0.412 e. The van der Waals surface area contributed by atoms with Crippen molar-refractivity contribution >= 4 is 35.8 Å². The maximum absolute atomic E-state index is 15.6. The first-order valence-electron chi connectivity index (χ1n) is 24.0. The summed E-state index contributed by atoms with van der Waals surface area (Å²) in [6.07, 6.45) is -0.710. The van der Waals surface area contributed by atoms with E-state index in [-0.39, 0.29) is 49.5 Å². The fourth-order valence-electron chi connectivity index (χ4n) is 9.98. The number of amides is 1. The van der Waals surface area contributed by atoms with Gasteiger partial charge < -0.3 is 61.8 Å². The average molecular weight is 1060 g/mol. The first-order chi connectivity index (χ1) is 34.2. The Labute approximate surface area is 433 Å². The molecule has 0 spiro atoms. The number of benzene rings is 3. The molecule has 20 nitrogen and oxygen atoms in total. The van der Waals surface area contributed by atoms with Gasteiger partial charge in [0.25, 0.3) is 6.33 Å². The van der Waals surface area contributed by atoms with Crippen molar-refractivity contribution in [3.8, 4) is 11.4 Å². The molecule has 2 aliphatic heterocycles. The van der Waals surface area contributed by atoms with E-state index in [1.165, 1.54) is 38.6 Å². The van der Waals surface area contributed by atoms with Crippen molar-refractivity contribution in [2.75, 3.05) is 62.8 Å². The van der Waals surface area contributed by atoms with Gasteiger partial charge in [-0.15, -0.1) is 17.1 Å². The Kier molecular flexibility index (Phi) is 19.2. The molecule has 73 heavy (non-hydrogen) atoms. The van der Waals surface area contributed by atoms with Crippen LogP contribution >= 0.6 is 12.4 Å². The minimum Gasteiger partial charge on any atom is -1.00 e. The molecule has 3 fully saturated rings. The number of hydrogen-bond acceptors (Lipinski definition) is 15. The van der Waals surface area contributed by atoms with E-state index < -0.39 is 78.6 Å². The number of anilines is 2. The Morgan fingerprint density at radius 1 is 0.986 bits per heavy atom. The summed E-state index contributed by atoms with van der Waals surface area (Å²) in [6, 6.07) is 19.1. The van der Waals surface area contributed by atoms with Crippen molar-refractivity contribution in [1.29, 1.82) is 0 Å². The summed E-state index contributed by atoms with van der Waals surface area (Å²) in [7, 11) is 1.54. The lowest BCUT2D eigenvalue weighted by Crippen LogP contribution is -3.00. The molecule has 0 bridgehead atoms. The molecule has 0 radical (unpaired) electrons. The normalized spacial score (nSPS) is 22.9. The highest BCUT2D eigenvalue weighted by Gasteiger charge is 2.48. The predicted molar refractivity (Wildman–Crippen MR) is 260 cm³/mol. The quantitative estimate of drug-likeness (QED) is 0.0549. The molecule has 3 aliphatic rings. The first-order valence-corrected chi connectivity index (χ1v) is 24.0. The van der Waals surface area contributed by atoms with Gasteiger partial charge in [-0.2, -0.15) is 9.67 Å². The van der Waals surface area contributed by atoms with Gasteiger partial charge in [-0.3, -0.25) is 10.1 Å². The van der Waals surface area contributed by atoms with E-state index in [0.29, 0.717) is 42.9 Å². The highest BCUT2D eigenvalue weighted by Crippen LogP contribution is 2.46. The Hall–Kier alpha value is -5.88. The minimum atomic E-state index is -1.40. The third kappa shape index (κ3) is 12.9. The van der Waals surface area contributed by atoms with Crippen molar-refractivity contribution in [3.63, 3.8) is 0 Å². The van der Waals surface area contributed by atoms with Gasteiger partial charge >= 0.3 is 17.8 Å². The van der Waals surface area contributed by atoms with Crippen LogP contribution in [-0.2, 0) is 31.0 Å². The summed E-state index contributed by atoms with van der Waals surface area (Å²) in [6.45, 7) is 8.26. The Bertz CT molecular complexity index is 2650. The Balaban J connectivity index is 0.00000435. The molecule has 2 aromatic heterocycles. The molecule has 24 heteroatoms. The van der Waals surface area contributed by atoms with Gasteiger partial charge in [-0.05, 0) is 106 Å². The zero-order valence-corrected chi connectivity index (χ0v) is 42.6. The molecule has 3 aromatic carbocycles. The lowest BCUT2D eigenvalue weighted by atomic mass is 9.77. The van der Waals surface area contributed by atoms with Crippen LogP contribution in [0.15, 0.2) is 90.5 Å². The van der Waals surface area contributed by atoms with E-state index in [1.807, 2.05) is 55.5 Å². The molecular formula is C49H64Cl2F2N10O10. The number of piperazine rings is 1. The number of carbonyl (C=O) groups excluding carboxylic acids is 2. The SMILES string of the molecule is CC[C@@H]([C@H](C)O)n1ncn(-c2ccc(N3CCN(c4ccc(OC[C@@H]5CC[C@@](Cn6c[n+](C(C)OC(=O)NC7O[C@H](CO)[C@H](O)[C@H]7OC(=O)CNC)cn6)(c6ccc(F)cc6F)C5)cc4)CC3)cc2)c1=O.Cl.[Cl-]. The highest BCUT2D eigenvalue weighted by molar-refractivity contribution is 5.85. The van der Waals surface area contributed by atoms with Crippen LogP contribution in [0.4, 0.5) is 25.0 Å². The molecule has 9 atom stereocenters. The first kappa shape index (κ1) is 56.4. The maximum atomic E-state index is 15.6. The molecular weight excluding hydrogens is 998 g/mol. The summed E-state index contributed by atoms with van der Waals surface area (Å²) in [5, 5.41) is 44.1. The molecule has 1 saturated carbocycles. The number of nitrogens with zero attached hydrogens (tertiary/aromatic N) is 8. The lowest BCUT2D eigenvalue weighted by Gasteiger charge is -2.37. The molecule has 5 N–H and O–H groups in total. The van der Waals surface area contributed by atoms with E-state index in [0.717, 1.165) is 50.0 Å². The van der Waals surface area contributed by atoms with Crippen molar-refractivity contribution in [2.45, 2.75) is 101 Å². The largest absolute Gasteiger partial charge is 1.00 e. The number of alkyl carbamates (subject to hydrolysis) is 1. The molecule has 4 heterocycles. The monoisotopic (exact) mass is 1060 g/mol. The van der Waals surface area contributed by atoms with Gasteiger partial charge in [0.15, 0.2) is 12.3 Å². The topological polar surface area (TPSA) is 224 Å². The summed E-state index contributed by atoms with van der Waals surface area (Å²) in [4.78, 5) is 42.9. The molecule has 2 unspecified atom stereocenters. The van der Waals surface area contributed by atoms with E-state index >= 15 is 4.39 Å². The molecule has 398 valence electrons. The number of likely N-dealkylation sites (N-methyl/N-ethyl adjacent to an activating group) is 1. The van der Waals surface area contributed by atoms with Crippen molar-refractivity contribution in [2.24, 2.45) is 5.92 Å². The zero-order valence-electron chi connectivity index (χ0n) is 41.0. The van der Waals surface area contributed by atoms with E-state index in [9.17, 15) is 34.1 Å². The fraction of sp³-hybridized carbons (Fsp3) is 0.510. The van der Waals surface area contributed by atoms with Crippen LogP contribution in [0.1, 0.15) is 64.3 Å². The Morgan fingerprint density at radius 3 is 2.26 bits per heavy atom. The third-order valence-electron chi connectivity index (χ3n) is 13.8. The van der Waals surface area contributed by atoms with Crippen LogP contribution in [-0.4, -0.2) is 135 Å². The van der Waals surface area contributed by atoms with Gasteiger partial charge in [0.1, 0.15) is 42.5 Å². The third-order valence-corrected chi connectivity index (χ3v) is 13.8. The van der Waals surface area contributed by atoms with Gasteiger partial charge in [-0.1, -0.05) is 13.0 Å². The second kappa shape index (κ2) is 24.9. The molecule has 8 rings (SSSR count). The highest BCUT2D eigenvalue weighted by atomic mass is 35.5. The Morgan fingerprint density at radius 2 is 1.64 bits per heavy atom. The van der Waals surface area contributed by atoms with Crippen LogP contribution < -0.4 is 47.8 Å². The van der Waals surface area contributed by atoms with Crippen LogP contribution in [0.25, 0.3) is 5.69 Å². The molecule has 5 aromatic rings. The zero-order chi connectivity index (χ0) is 50.4. The summed E-state index contributed by atoms with van der Waals surface area (Å²) >= 11 is 0. The number of aromatic nitrogens is 6. The second-order valence-electron chi connectivity index (χ2n) is 18.5. The number of aliphatic hydroxyl groups is 3. The number of aliphatic hydroxyl groups excluding tert-OH is 3. The summed E-state index contributed by atoms with van der Waals surface area (Å²) in [5.74, 6) is -1.28. The number of halogens is 4. The van der Waals surface area contributed by atoms with Crippen molar-refractivity contribution < 1.29 is 69.6 Å². The number of nitrogens with one attached hydrogen (secondary N) is 2. The van der Waals surface area contributed by atoms with E-state index in [4.69, 9.17) is 18.9 Å². The van der Waals surface area contributed by atoms with Crippen LogP contribution in [0.3, 0.4) is 0 Å². The van der Waals surface area contributed by atoms with Gasteiger partial charge in [0.2, 0.25) is 12.6 Å². The second-order valence-corrected chi connectivity index (χ2v) is 18.5. The van der Waals surface area contributed by atoms with Gasteiger partial charge in [0.05, 0.1) is 37.6 Å². The van der Waals surface area contributed by atoms with Crippen molar-refractivity contribution in [3.05, 3.63) is 113 Å². The summed E-state index contributed by atoms with van der Waals surface area (Å²) in [5.41, 5.74) is 2.15. The fourth-order valence-corrected chi connectivity index (χ4v) is 9.98. The van der Waals surface area contributed by atoms with Gasteiger partial charge in [-0.25, -0.2) is 27.6 Å². The maximum Gasteiger partial charge on any atom is 0.412 e. The predicted octanol–water partition coefficient (Wildman–Crippen LogP) is 0.152. The number of rotatable bonds is 19. The van der Waals surface area contributed by atoms with E-state index in [2.05, 4.69) is 30.6 Å². The number of hydrogen-bond donors (Lipinski definition) is 5.